The number of hydrogen-bond donors (Lipinski definition) is 1. The highest BCUT2D eigenvalue weighted by Crippen LogP contribution is 2.40. The van der Waals surface area contributed by atoms with Crippen LogP contribution < -0.4 is 24.3 Å². The van der Waals surface area contributed by atoms with Gasteiger partial charge in [0.1, 0.15) is 22.5 Å². The second-order valence-corrected chi connectivity index (χ2v) is 7.15. The first kappa shape index (κ1) is 22.8. The molecule has 0 saturated carbocycles. The standard InChI is InChI=1S/C25H23NO8/c1-29-19-10-9-15(23(31-3)24(19)32-4)25(28)33-13-22(27)26-17-12-20-16(11-21(17)30-2)14-7-5-6-8-18(14)34-20/h5-12H,13H2,1-4H3,(H,26,27). The Morgan fingerprint density at radius 2 is 1.53 bits per heavy atom. The zero-order valence-electron chi connectivity index (χ0n) is 19.1. The molecule has 1 aromatic heterocycles. The van der Waals surface area contributed by atoms with Crippen LogP contribution in [0.5, 0.6) is 23.0 Å². The number of anilines is 1. The van der Waals surface area contributed by atoms with Crippen molar-refractivity contribution in [3.8, 4) is 23.0 Å². The van der Waals surface area contributed by atoms with Gasteiger partial charge in [0.15, 0.2) is 18.1 Å². The zero-order chi connectivity index (χ0) is 24.2. The van der Waals surface area contributed by atoms with E-state index >= 15 is 0 Å². The molecule has 3 aromatic carbocycles. The second kappa shape index (κ2) is 9.62. The molecule has 0 bridgehead atoms. The first-order chi connectivity index (χ1) is 16.5. The molecule has 0 radical (unpaired) electrons. The van der Waals surface area contributed by atoms with Crippen molar-refractivity contribution < 1.29 is 37.7 Å². The largest absolute Gasteiger partial charge is 0.495 e. The highest BCUT2D eigenvalue weighted by molar-refractivity contribution is 6.08. The lowest BCUT2D eigenvalue weighted by Gasteiger charge is -2.15. The van der Waals surface area contributed by atoms with E-state index < -0.39 is 18.5 Å². The minimum absolute atomic E-state index is 0.0919. The summed E-state index contributed by atoms with van der Waals surface area (Å²) in [5.74, 6) is -0.0896. The minimum Gasteiger partial charge on any atom is -0.495 e. The van der Waals surface area contributed by atoms with Gasteiger partial charge in [-0.25, -0.2) is 4.79 Å². The molecule has 1 heterocycles. The highest BCUT2D eigenvalue weighted by Gasteiger charge is 2.23. The van der Waals surface area contributed by atoms with Crippen LogP contribution in [-0.4, -0.2) is 46.9 Å². The number of furan rings is 1. The number of esters is 1. The van der Waals surface area contributed by atoms with Crippen LogP contribution in [0.4, 0.5) is 5.69 Å². The van der Waals surface area contributed by atoms with Crippen molar-refractivity contribution in [1.82, 2.24) is 0 Å². The van der Waals surface area contributed by atoms with Crippen molar-refractivity contribution in [2.75, 3.05) is 40.4 Å². The van der Waals surface area contributed by atoms with Gasteiger partial charge in [-0.2, -0.15) is 0 Å². The van der Waals surface area contributed by atoms with Gasteiger partial charge in [0.25, 0.3) is 5.91 Å². The van der Waals surface area contributed by atoms with Crippen LogP contribution >= 0.6 is 0 Å². The fourth-order valence-electron chi connectivity index (χ4n) is 3.68. The van der Waals surface area contributed by atoms with Crippen LogP contribution in [0.15, 0.2) is 52.9 Å². The zero-order valence-corrected chi connectivity index (χ0v) is 19.1. The summed E-state index contributed by atoms with van der Waals surface area (Å²) < 4.78 is 32.3. The summed E-state index contributed by atoms with van der Waals surface area (Å²) in [4.78, 5) is 25.2. The third kappa shape index (κ3) is 4.15. The maximum atomic E-state index is 12.6. The molecule has 0 fully saturated rings. The number of para-hydroxylation sites is 1. The van der Waals surface area contributed by atoms with Crippen molar-refractivity contribution in [1.29, 1.82) is 0 Å². The first-order valence-corrected chi connectivity index (χ1v) is 10.3. The molecule has 0 aliphatic carbocycles. The van der Waals surface area contributed by atoms with Gasteiger partial charge < -0.3 is 33.4 Å². The van der Waals surface area contributed by atoms with Gasteiger partial charge in [0.2, 0.25) is 5.75 Å². The Balaban J connectivity index is 1.51. The molecular weight excluding hydrogens is 442 g/mol. The van der Waals surface area contributed by atoms with Gasteiger partial charge in [-0.05, 0) is 24.3 Å². The average molecular weight is 465 g/mol. The van der Waals surface area contributed by atoms with E-state index in [9.17, 15) is 9.59 Å². The van der Waals surface area contributed by atoms with Gasteiger partial charge in [-0.1, -0.05) is 18.2 Å². The molecule has 34 heavy (non-hydrogen) atoms. The van der Waals surface area contributed by atoms with Crippen LogP contribution in [0.2, 0.25) is 0 Å². The summed E-state index contributed by atoms with van der Waals surface area (Å²) in [6, 6.07) is 14.1. The third-order valence-electron chi connectivity index (χ3n) is 5.23. The summed E-state index contributed by atoms with van der Waals surface area (Å²) in [5.41, 5.74) is 1.79. The van der Waals surface area contributed by atoms with E-state index in [4.69, 9.17) is 28.1 Å². The topological polar surface area (TPSA) is 105 Å². The summed E-state index contributed by atoms with van der Waals surface area (Å²) >= 11 is 0. The summed E-state index contributed by atoms with van der Waals surface area (Å²) in [7, 11) is 5.79. The molecule has 9 heteroatoms. The fraction of sp³-hybridized carbons (Fsp3) is 0.200. The van der Waals surface area contributed by atoms with Gasteiger partial charge in [0, 0.05) is 16.8 Å². The molecule has 0 spiro atoms. The van der Waals surface area contributed by atoms with E-state index in [1.807, 2.05) is 24.3 Å². The molecule has 0 aliphatic rings. The Kier molecular flexibility index (Phi) is 6.44. The average Bonchev–Trinajstić information content (AvgIpc) is 3.22. The van der Waals surface area contributed by atoms with Gasteiger partial charge in [-0.15, -0.1) is 0 Å². The maximum Gasteiger partial charge on any atom is 0.342 e. The lowest BCUT2D eigenvalue weighted by atomic mass is 10.1. The highest BCUT2D eigenvalue weighted by atomic mass is 16.5. The molecule has 0 unspecified atom stereocenters. The van der Waals surface area contributed by atoms with E-state index in [1.165, 1.54) is 34.5 Å². The van der Waals surface area contributed by atoms with Gasteiger partial charge in [0.05, 0.1) is 34.1 Å². The molecule has 1 amide bonds. The predicted molar refractivity (Wildman–Crippen MR) is 125 cm³/mol. The summed E-state index contributed by atoms with van der Waals surface area (Å²) in [6.07, 6.45) is 0. The van der Waals surface area contributed by atoms with Crippen LogP contribution in [0.1, 0.15) is 10.4 Å². The number of carbonyl (C=O) groups excluding carboxylic acids is 2. The Morgan fingerprint density at radius 1 is 0.794 bits per heavy atom. The number of rotatable bonds is 8. The molecule has 0 atom stereocenters. The van der Waals surface area contributed by atoms with E-state index in [2.05, 4.69) is 5.32 Å². The number of ether oxygens (including phenoxy) is 5. The molecule has 1 N–H and O–H groups in total. The van der Waals surface area contributed by atoms with Gasteiger partial charge in [-0.3, -0.25) is 4.79 Å². The van der Waals surface area contributed by atoms with Gasteiger partial charge >= 0.3 is 5.97 Å². The van der Waals surface area contributed by atoms with Crippen LogP contribution in [0.25, 0.3) is 21.9 Å². The lowest BCUT2D eigenvalue weighted by molar-refractivity contribution is -0.119. The number of fused-ring (bicyclic) bond motifs is 3. The lowest BCUT2D eigenvalue weighted by Crippen LogP contribution is -2.21. The number of amides is 1. The second-order valence-electron chi connectivity index (χ2n) is 7.15. The number of hydrogen-bond acceptors (Lipinski definition) is 8. The van der Waals surface area contributed by atoms with E-state index in [-0.39, 0.29) is 17.1 Å². The Bertz CT molecular complexity index is 1370. The Hall–Kier alpha value is -4.40. The van der Waals surface area contributed by atoms with Crippen molar-refractivity contribution in [2.24, 2.45) is 0 Å². The van der Waals surface area contributed by atoms with E-state index in [1.54, 1.807) is 18.2 Å². The van der Waals surface area contributed by atoms with Crippen molar-refractivity contribution in [3.05, 3.63) is 54.1 Å². The smallest absolute Gasteiger partial charge is 0.342 e. The van der Waals surface area contributed by atoms with Crippen molar-refractivity contribution in [3.63, 3.8) is 0 Å². The molecular formula is C25H23NO8. The third-order valence-corrected chi connectivity index (χ3v) is 5.23. The number of nitrogens with one attached hydrogen (secondary N) is 1. The molecule has 0 saturated heterocycles. The molecule has 4 rings (SSSR count). The van der Waals surface area contributed by atoms with Crippen LogP contribution in [-0.2, 0) is 9.53 Å². The van der Waals surface area contributed by atoms with E-state index in [0.717, 1.165) is 16.4 Å². The number of benzene rings is 3. The quantitative estimate of drug-likeness (QED) is 0.382. The SMILES string of the molecule is COc1cc2c(cc1NC(=O)COC(=O)c1ccc(OC)c(OC)c1OC)oc1ccccc12. The normalized spacial score (nSPS) is 10.7. The summed E-state index contributed by atoms with van der Waals surface area (Å²) in [5, 5.41) is 4.49. The summed E-state index contributed by atoms with van der Waals surface area (Å²) in [6.45, 7) is -0.530. The van der Waals surface area contributed by atoms with Crippen LogP contribution in [0.3, 0.4) is 0 Å². The molecule has 0 aliphatic heterocycles. The predicted octanol–water partition coefficient (Wildman–Crippen LogP) is 4.42. The number of carbonyl (C=O) groups is 2. The monoisotopic (exact) mass is 465 g/mol. The molecule has 4 aromatic rings. The first-order valence-electron chi connectivity index (χ1n) is 10.3. The Morgan fingerprint density at radius 3 is 2.24 bits per heavy atom. The van der Waals surface area contributed by atoms with Crippen molar-refractivity contribution in [2.45, 2.75) is 0 Å². The molecule has 176 valence electrons. The van der Waals surface area contributed by atoms with Crippen molar-refractivity contribution >= 4 is 39.5 Å². The van der Waals surface area contributed by atoms with E-state index in [0.29, 0.717) is 22.8 Å². The maximum absolute atomic E-state index is 12.6. The van der Waals surface area contributed by atoms with Crippen LogP contribution in [0, 0.1) is 0 Å². The fourth-order valence-corrected chi connectivity index (χ4v) is 3.68. The molecule has 9 nitrogen and oxygen atoms in total. The minimum atomic E-state index is -0.757. The number of methoxy groups -OCH3 is 4. The Labute approximate surface area is 195 Å².